The Labute approximate surface area is 171 Å². The zero-order valence-electron chi connectivity index (χ0n) is 16.5. The highest BCUT2D eigenvalue weighted by Crippen LogP contribution is 2.30. The summed E-state index contributed by atoms with van der Waals surface area (Å²) in [5.74, 6) is 1.65. The zero-order valence-corrected chi connectivity index (χ0v) is 17.3. The number of para-hydroxylation sites is 1. The molecular formula is C22H23NO5S. The summed E-state index contributed by atoms with van der Waals surface area (Å²) in [6.45, 7) is 0.108. The molecule has 0 N–H and O–H groups in total. The summed E-state index contributed by atoms with van der Waals surface area (Å²) < 4.78 is 44.2. The van der Waals surface area contributed by atoms with Gasteiger partial charge < -0.3 is 14.2 Å². The fourth-order valence-corrected chi connectivity index (χ4v) is 4.41. The number of methoxy groups -OCH3 is 3. The van der Waals surface area contributed by atoms with E-state index in [4.69, 9.17) is 14.2 Å². The van der Waals surface area contributed by atoms with Gasteiger partial charge in [-0.2, -0.15) is 0 Å². The van der Waals surface area contributed by atoms with Gasteiger partial charge in [-0.05, 0) is 42.0 Å². The first kappa shape index (κ1) is 20.5. The van der Waals surface area contributed by atoms with Crippen LogP contribution in [0, 0.1) is 0 Å². The molecule has 3 aromatic rings. The van der Waals surface area contributed by atoms with E-state index in [1.165, 1.54) is 17.5 Å². The highest BCUT2D eigenvalue weighted by Gasteiger charge is 2.26. The van der Waals surface area contributed by atoms with Crippen molar-refractivity contribution >= 4 is 15.7 Å². The summed E-state index contributed by atoms with van der Waals surface area (Å²) in [5, 5.41) is 0. The van der Waals surface area contributed by atoms with E-state index in [-0.39, 0.29) is 11.4 Å². The minimum absolute atomic E-state index is 0.108. The highest BCUT2D eigenvalue weighted by atomic mass is 32.2. The Morgan fingerprint density at radius 2 is 1.34 bits per heavy atom. The van der Waals surface area contributed by atoms with Gasteiger partial charge in [0.2, 0.25) is 0 Å². The highest BCUT2D eigenvalue weighted by molar-refractivity contribution is 7.92. The Morgan fingerprint density at radius 3 is 1.93 bits per heavy atom. The standard InChI is InChI=1S/C22H23NO5S/c1-26-19-10-7-11-22(15-19)29(24,25)23(18-8-5-4-6-9-18)16-17-12-20(27-2)14-21(13-17)28-3/h4-15H,16H2,1-3H3. The van der Waals surface area contributed by atoms with Gasteiger partial charge in [-0.1, -0.05) is 24.3 Å². The van der Waals surface area contributed by atoms with Gasteiger partial charge >= 0.3 is 0 Å². The van der Waals surface area contributed by atoms with Crippen LogP contribution < -0.4 is 18.5 Å². The summed E-state index contributed by atoms with van der Waals surface area (Å²) in [5.41, 5.74) is 1.29. The molecule has 7 heteroatoms. The molecule has 0 fully saturated rings. The lowest BCUT2D eigenvalue weighted by Gasteiger charge is -2.25. The second-order valence-corrected chi connectivity index (χ2v) is 8.11. The van der Waals surface area contributed by atoms with Gasteiger partial charge in [-0.15, -0.1) is 0 Å². The molecular weight excluding hydrogens is 390 g/mol. The normalized spacial score (nSPS) is 11.0. The van der Waals surface area contributed by atoms with Gasteiger partial charge in [-0.25, -0.2) is 8.42 Å². The van der Waals surface area contributed by atoms with Crippen LogP contribution >= 0.6 is 0 Å². The Morgan fingerprint density at radius 1 is 0.724 bits per heavy atom. The maximum absolute atomic E-state index is 13.5. The second-order valence-electron chi connectivity index (χ2n) is 6.25. The molecule has 0 saturated heterocycles. The van der Waals surface area contributed by atoms with Crippen LogP contribution in [0.15, 0.2) is 77.7 Å². The summed E-state index contributed by atoms with van der Waals surface area (Å²) in [6.07, 6.45) is 0. The van der Waals surface area contributed by atoms with E-state index < -0.39 is 10.0 Å². The van der Waals surface area contributed by atoms with Gasteiger partial charge in [0.05, 0.1) is 38.5 Å². The van der Waals surface area contributed by atoms with Crippen molar-refractivity contribution in [2.75, 3.05) is 25.6 Å². The maximum Gasteiger partial charge on any atom is 0.264 e. The molecule has 0 aliphatic heterocycles. The van der Waals surface area contributed by atoms with Gasteiger partial charge in [0.1, 0.15) is 17.2 Å². The monoisotopic (exact) mass is 413 g/mol. The molecule has 0 spiro atoms. The lowest BCUT2D eigenvalue weighted by molar-refractivity contribution is 0.393. The number of nitrogens with zero attached hydrogens (tertiary/aromatic N) is 1. The van der Waals surface area contributed by atoms with Gasteiger partial charge in [0.15, 0.2) is 0 Å². The van der Waals surface area contributed by atoms with E-state index in [0.29, 0.717) is 22.9 Å². The van der Waals surface area contributed by atoms with Crippen LogP contribution in [-0.4, -0.2) is 29.7 Å². The molecule has 6 nitrogen and oxygen atoms in total. The van der Waals surface area contributed by atoms with Crippen molar-refractivity contribution < 1.29 is 22.6 Å². The van der Waals surface area contributed by atoms with Crippen molar-refractivity contribution in [3.63, 3.8) is 0 Å². The summed E-state index contributed by atoms with van der Waals surface area (Å²) in [6, 6.07) is 20.7. The molecule has 0 radical (unpaired) electrons. The molecule has 0 aromatic heterocycles. The van der Waals surface area contributed by atoms with Crippen LogP contribution in [0.5, 0.6) is 17.2 Å². The first-order valence-corrected chi connectivity index (χ1v) is 10.4. The Bertz CT molecular complexity index is 1050. The van der Waals surface area contributed by atoms with Crippen LogP contribution in [0.2, 0.25) is 0 Å². The predicted octanol–water partition coefficient (Wildman–Crippen LogP) is 4.11. The SMILES string of the molecule is COc1cc(CN(c2ccccc2)S(=O)(=O)c2cccc(OC)c2)cc(OC)c1. The topological polar surface area (TPSA) is 65.1 Å². The number of rotatable bonds is 8. The lowest BCUT2D eigenvalue weighted by Crippen LogP contribution is -2.30. The first-order valence-electron chi connectivity index (χ1n) is 8.91. The lowest BCUT2D eigenvalue weighted by atomic mass is 10.2. The number of anilines is 1. The largest absolute Gasteiger partial charge is 0.497 e. The molecule has 0 bridgehead atoms. The van der Waals surface area contributed by atoms with Crippen molar-refractivity contribution in [1.29, 1.82) is 0 Å². The van der Waals surface area contributed by atoms with Gasteiger partial charge in [0, 0.05) is 12.1 Å². The minimum atomic E-state index is -3.85. The van der Waals surface area contributed by atoms with Crippen LogP contribution in [0.25, 0.3) is 0 Å². The number of sulfonamides is 1. The van der Waals surface area contributed by atoms with Crippen molar-refractivity contribution in [3.8, 4) is 17.2 Å². The Kier molecular flexibility index (Phi) is 6.29. The molecule has 0 unspecified atom stereocenters. The van der Waals surface area contributed by atoms with Gasteiger partial charge in [-0.3, -0.25) is 4.31 Å². The average molecular weight is 413 g/mol. The Hall–Kier alpha value is -3.19. The summed E-state index contributed by atoms with van der Waals surface area (Å²) >= 11 is 0. The number of ether oxygens (including phenoxy) is 3. The van der Waals surface area contributed by atoms with Crippen molar-refractivity contribution in [1.82, 2.24) is 0 Å². The van der Waals surface area contributed by atoms with E-state index in [2.05, 4.69) is 0 Å². The minimum Gasteiger partial charge on any atom is -0.497 e. The molecule has 29 heavy (non-hydrogen) atoms. The Balaban J connectivity index is 2.09. The van der Waals surface area contributed by atoms with Crippen molar-refractivity contribution in [3.05, 3.63) is 78.4 Å². The van der Waals surface area contributed by atoms with Crippen LogP contribution in [0.3, 0.4) is 0 Å². The molecule has 0 saturated carbocycles. The molecule has 152 valence electrons. The number of hydrogen-bond acceptors (Lipinski definition) is 5. The number of benzene rings is 3. The number of hydrogen-bond donors (Lipinski definition) is 0. The van der Waals surface area contributed by atoms with E-state index in [0.717, 1.165) is 5.56 Å². The van der Waals surface area contributed by atoms with E-state index in [1.54, 1.807) is 74.9 Å². The van der Waals surface area contributed by atoms with Gasteiger partial charge in [0.25, 0.3) is 10.0 Å². The predicted molar refractivity (Wildman–Crippen MR) is 112 cm³/mol. The van der Waals surface area contributed by atoms with Crippen molar-refractivity contribution in [2.24, 2.45) is 0 Å². The third-order valence-corrected chi connectivity index (χ3v) is 6.18. The third-order valence-electron chi connectivity index (χ3n) is 4.41. The van der Waals surface area contributed by atoms with E-state index in [1.807, 2.05) is 6.07 Å². The molecule has 3 rings (SSSR count). The average Bonchev–Trinajstić information content (AvgIpc) is 2.77. The van der Waals surface area contributed by atoms with Crippen LogP contribution in [-0.2, 0) is 16.6 Å². The van der Waals surface area contributed by atoms with Crippen LogP contribution in [0.4, 0.5) is 5.69 Å². The second kappa shape index (κ2) is 8.87. The quantitative estimate of drug-likeness (QED) is 0.556. The maximum atomic E-state index is 13.5. The first-order chi connectivity index (χ1) is 14.0. The van der Waals surface area contributed by atoms with Crippen molar-refractivity contribution in [2.45, 2.75) is 11.4 Å². The molecule has 0 heterocycles. The molecule has 0 aliphatic rings. The zero-order chi connectivity index (χ0) is 20.9. The fraction of sp³-hybridized carbons (Fsp3) is 0.182. The third kappa shape index (κ3) is 4.63. The molecule has 0 aliphatic carbocycles. The molecule has 0 atom stereocenters. The summed E-state index contributed by atoms with van der Waals surface area (Å²) in [4.78, 5) is 0.149. The van der Waals surface area contributed by atoms with E-state index >= 15 is 0 Å². The molecule has 3 aromatic carbocycles. The summed E-state index contributed by atoms with van der Waals surface area (Å²) in [7, 11) is 0.763. The molecule has 0 amide bonds. The van der Waals surface area contributed by atoms with Crippen LogP contribution in [0.1, 0.15) is 5.56 Å². The smallest absolute Gasteiger partial charge is 0.264 e. The van der Waals surface area contributed by atoms with E-state index in [9.17, 15) is 8.42 Å². The fourth-order valence-electron chi connectivity index (χ4n) is 2.92.